The van der Waals surface area contributed by atoms with E-state index in [0.29, 0.717) is 21.5 Å². The molecule has 0 saturated heterocycles. The number of amides is 1. The van der Waals surface area contributed by atoms with E-state index in [1.807, 2.05) is 12.1 Å². The standard InChI is InChI=1S/C27H24ClN3O4S/c1-27(34,19-7-3-17(12-29)4-8-19)16-35-15-21-11-22-24(32)23(14-31(2)26(22)36-21)25(33)30-13-18-5-9-20(28)10-6-18/h3-11,14,34H,13,15-16H2,1-2H3,(H,30,33). The summed E-state index contributed by atoms with van der Waals surface area (Å²) in [5, 5.41) is 23.6. The molecule has 2 aromatic carbocycles. The molecular formula is C27H24ClN3O4S. The van der Waals surface area contributed by atoms with Gasteiger partial charge >= 0.3 is 0 Å². The highest BCUT2D eigenvalue weighted by Gasteiger charge is 2.24. The molecule has 0 radical (unpaired) electrons. The highest BCUT2D eigenvalue weighted by molar-refractivity contribution is 7.18. The van der Waals surface area contributed by atoms with Crippen LogP contribution in [0.2, 0.25) is 5.02 Å². The molecule has 0 spiro atoms. The van der Waals surface area contributed by atoms with Crippen molar-refractivity contribution in [3.63, 3.8) is 0 Å². The Hall–Kier alpha value is -3.48. The number of carbonyl (C=O) groups excluding carboxylic acids is 1. The van der Waals surface area contributed by atoms with E-state index in [2.05, 4.69) is 11.4 Å². The smallest absolute Gasteiger partial charge is 0.257 e. The Balaban J connectivity index is 1.45. The summed E-state index contributed by atoms with van der Waals surface area (Å²) in [6, 6.07) is 17.6. The van der Waals surface area contributed by atoms with E-state index in [1.165, 1.54) is 11.3 Å². The van der Waals surface area contributed by atoms with Gasteiger partial charge in [0.25, 0.3) is 5.91 Å². The Labute approximate surface area is 217 Å². The monoisotopic (exact) mass is 521 g/mol. The number of fused-ring (bicyclic) bond motifs is 1. The van der Waals surface area contributed by atoms with Crippen LogP contribution in [-0.2, 0) is 30.5 Å². The summed E-state index contributed by atoms with van der Waals surface area (Å²) in [4.78, 5) is 27.3. The molecule has 36 heavy (non-hydrogen) atoms. The maximum atomic E-state index is 13.1. The highest BCUT2D eigenvalue weighted by atomic mass is 35.5. The minimum absolute atomic E-state index is 0.0296. The number of halogens is 1. The molecule has 9 heteroatoms. The maximum absolute atomic E-state index is 13.1. The number of hydrogen-bond donors (Lipinski definition) is 2. The minimum atomic E-state index is -1.24. The van der Waals surface area contributed by atoms with Gasteiger partial charge in [0, 0.05) is 29.7 Å². The van der Waals surface area contributed by atoms with Gasteiger partial charge < -0.3 is 19.7 Å². The van der Waals surface area contributed by atoms with Gasteiger partial charge in [0.2, 0.25) is 5.43 Å². The number of aromatic nitrogens is 1. The first-order valence-electron chi connectivity index (χ1n) is 11.1. The lowest BCUT2D eigenvalue weighted by Gasteiger charge is -2.23. The second kappa shape index (κ2) is 10.6. The molecule has 0 fully saturated rings. The zero-order valence-electron chi connectivity index (χ0n) is 19.7. The third-order valence-corrected chi connectivity index (χ3v) is 7.22. The maximum Gasteiger partial charge on any atom is 0.257 e. The fraction of sp³-hybridized carbons (Fsp3) is 0.222. The van der Waals surface area contributed by atoms with Crippen LogP contribution < -0.4 is 10.7 Å². The molecule has 1 unspecified atom stereocenters. The van der Waals surface area contributed by atoms with E-state index in [1.54, 1.807) is 67.2 Å². The zero-order chi connectivity index (χ0) is 25.9. The average molecular weight is 522 g/mol. The van der Waals surface area contributed by atoms with E-state index >= 15 is 0 Å². The van der Waals surface area contributed by atoms with Crippen molar-refractivity contribution in [3.8, 4) is 6.07 Å². The summed E-state index contributed by atoms with van der Waals surface area (Å²) in [6.07, 6.45) is 1.54. The normalized spacial score (nSPS) is 12.8. The molecular weight excluding hydrogens is 498 g/mol. The number of aryl methyl sites for hydroxylation is 1. The average Bonchev–Trinajstić information content (AvgIpc) is 3.31. The van der Waals surface area contributed by atoms with Gasteiger partial charge in [-0.15, -0.1) is 11.3 Å². The topological polar surface area (TPSA) is 104 Å². The third-order valence-electron chi connectivity index (χ3n) is 5.77. The zero-order valence-corrected chi connectivity index (χ0v) is 21.3. The summed E-state index contributed by atoms with van der Waals surface area (Å²) in [6.45, 7) is 2.15. The van der Waals surface area contributed by atoms with E-state index < -0.39 is 11.5 Å². The van der Waals surface area contributed by atoms with Crippen molar-refractivity contribution in [2.24, 2.45) is 7.05 Å². The molecule has 2 N–H and O–H groups in total. The minimum Gasteiger partial charge on any atom is -0.383 e. The predicted octanol–water partition coefficient (Wildman–Crippen LogP) is 4.48. The number of nitrogens with one attached hydrogen (secondary N) is 1. The second-order valence-electron chi connectivity index (χ2n) is 8.68. The van der Waals surface area contributed by atoms with Gasteiger partial charge in [-0.05, 0) is 48.4 Å². The Bertz CT molecular complexity index is 1500. The lowest BCUT2D eigenvalue weighted by Crippen LogP contribution is -2.29. The Morgan fingerprint density at radius 1 is 1.22 bits per heavy atom. The van der Waals surface area contributed by atoms with Crippen LogP contribution >= 0.6 is 22.9 Å². The fourth-order valence-corrected chi connectivity index (χ4v) is 4.91. The quantitative estimate of drug-likeness (QED) is 0.356. The number of thiophene rings is 1. The van der Waals surface area contributed by atoms with Crippen LogP contribution in [-0.4, -0.2) is 22.2 Å². The van der Waals surface area contributed by atoms with Gasteiger partial charge in [0.1, 0.15) is 16.0 Å². The first-order chi connectivity index (χ1) is 17.2. The molecule has 4 rings (SSSR count). The third kappa shape index (κ3) is 5.66. The Kier molecular flexibility index (Phi) is 7.57. The molecule has 2 heterocycles. The number of carbonyl (C=O) groups is 1. The molecule has 4 aromatic rings. The van der Waals surface area contributed by atoms with Crippen molar-refractivity contribution in [1.29, 1.82) is 5.26 Å². The number of nitrogens with zero attached hydrogens (tertiary/aromatic N) is 2. The number of hydrogen-bond acceptors (Lipinski definition) is 6. The molecule has 0 aliphatic rings. The summed E-state index contributed by atoms with van der Waals surface area (Å²) in [5.41, 5.74) is 0.503. The van der Waals surface area contributed by atoms with Crippen molar-refractivity contribution in [2.75, 3.05) is 6.61 Å². The first kappa shape index (κ1) is 25.6. The first-order valence-corrected chi connectivity index (χ1v) is 12.3. The van der Waals surface area contributed by atoms with E-state index in [0.717, 1.165) is 15.3 Å². The van der Waals surface area contributed by atoms with Crippen LogP contribution in [0.4, 0.5) is 0 Å². The molecule has 0 aliphatic carbocycles. The van der Waals surface area contributed by atoms with Crippen LogP contribution in [0, 0.1) is 11.3 Å². The highest BCUT2D eigenvalue weighted by Crippen LogP contribution is 2.26. The van der Waals surface area contributed by atoms with E-state index in [4.69, 9.17) is 21.6 Å². The van der Waals surface area contributed by atoms with Crippen LogP contribution in [0.1, 0.15) is 38.8 Å². The van der Waals surface area contributed by atoms with Crippen molar-refractivity contribution >= 4 is 39.1 Å². The predicted molar refractivity (Wildman–Crippen MR) is 140 cm³/mol. The molecule has 0 bridgehead atoms. The molecule has 1 atom stereocenters. The fourth-order valence-electron chi connectivity index (χ4n) is 3.76. The van der Waals surface area contributed by atoms with Gasteiger partial charge in [-0.1, -0.05) is 35.9 Å². The number of pyridine rings is 1. The molecule has 184 valence electrons. The van der Waals surface area contributed by atoms with Gasteiger partial charge in [0.15, 0.2) is 0 Å². The van der Waals surface area contributed by atoms with Crippen molar-refractivity contribution in [1.82, 2.24) is 9.88 Å². The van der Waals surface area contributed by atoms with Gasteiger partial charge in [-0.2, -0.15) is 5.26 Å². The number of aliphatic hydroxyl groups is 1. The van der Waals surface area contributed by atoms with Crippen LogP contribution in [0.5, 0.6) is 0 Å². The lowest BCUT2D eigenvalue weighted by atomic mass is 9.96. The van der Waals surface area contributed by atoms with Gasteiger partial charge in [0.05, 0.1) is 30.2 Å². The molecule has 2 aromatic heterocycles. The van der Waals surface area contributed by atoms with Crippen LogP contribution in [0.3, 0.4) is 0 Å². The molecule has 7 nitrogen and oxygen atoms in total. The lowest BCUT2D eigenvalue weighted by molar-refractivity contribution is -0.0429. The number of benzene rings is 2. The number of ether oxygens (including phenoxy) is 1. The number of nitriles is 1. The largest absolute Gasteiger partial charge is 0.383 e. The SMILES string of the molecule is Cn1cc(C(=O)NCc2ccc(Cl)cc2)c(=O)c2cc(COCC(C)(O)c3ccc(C#N)cc3)sc21. The van der Waals surface area contributed by atoms with Crippen LogP contribution in [0.25, 0.3) is 10.2 Å². The summed E-state index contributed by atoms with van der Waals surface area (Å²) in [7, 11) is 1.79. The van der Waals surface area contributed by atoms with Crippen molar-refractivity contribution < 1.29 is 14.6 Å². The van der Waals surface area contributed by atoms with Gasteiger partial charge in [-0.3, -0.25) is 9.59 Å². The van der Waals surface area contributed by atoms with Crippen LogP contribution in [0.15, 0.2) is 65.6 Å². The summed E-state index contributed by atoms with van der Waals surface area (Å²) >= 11 is 7.29. The Morgan fingerprint density at radius 3 is 2.58 bits per heavy atom. The molecule has 0 saturated carbocycles. The molecule has 0 aliphatic heterocycles. The van der Waals surface area contributed by atoms with Crippen molar-refractivity contribution in [2.45, 2.75) is 25.7 Å². The molecule has 1 amide bonds. The second-order valence-corrected chi connectivity index (χ2v) is 10.2. The van der Waals surface area contributed by atoms with E-state index in [-0.39, 0.29) is 30.8 Å². The number of rotatable bonds is 8. The van der Waals surface area contributed by atoms with E-state index in [9.17, 15) is 14.7 Å². The summed E-state index contributed by atoms with van der Waals surface area (Å²) in [5.74, 6) is -0.449. The van der Waals surface area contributed by atoms with Crippen molar-refractivity contribution in [3.05, 3.63) is 103 Å². The van der Waals surface area contributed by atoms with Gasteiger partial charge in [-0.25, -0.2) is 0 Å². The Morgan fingerprint density at radius 2 is 1.92 bits per heavy atom. The summed E-state index contributed by atoms with van der Waals surface area (Å²) < 4.78 is 7.53.